The predicted octanol–water partition coefficient (Wildman–Crippen LogP) is 1.40. The van der Waals surface area contributed by atoms with E-state index in [0.717, 1.165) is 11.0 Å². The molecule has 0 saturated carbocycles. The van der Waals surface area contributed by atoms with Crippen LogP contribution in [0.25, 0.3) is 11.0 Å². The molecule has 1 aromatic heterocycles. The number of aromatic nitrogens is 2. The monoisotopic (exact) mass is 353 g/mol. The van der Waals surface area contributed by atoms with Crippen molar-refractivity contribution in [3.05, 3.63) is 70.0 Å². The number of H-pyrrole nitrogens is 1. The standard InChI is InChI=1S/C17H15N5O4/c23-16(9-11-5-1-4-8-14(11)22(25)26)20-21-17(24)10-15-18-12-6-2-3-7-13(12)19-15/h1-8H,9-10H2,(H,18,19)(H,20,23)(H,21,24). The lowest BCUT2D eigenvalue weighted by Crippen LogP contribution is -2.43. The van der Waals surface area contributed by atoms with Gasteiger partial charge >= 0.3 is 0 Å². The Balaban J connectivity index is 1.54. The zero-order valence-corrected chi connectivity index (χ0v) is 13.6. The minimum Gasteiger partial charge on any atom is -0.342 e. The third-order valence-electron chi connectivity index (χ3n) is 3.65. The molecule has 1 heterocycles. The van der Waals surface area contributed by atoms with Gasteiger partial charge in [0.05, 0.1) is 28.8 Å². The summed E-state index contributed by atoms with van der Waals surface area (Å²) in [5.74, 6) is -0.547. The SMILES string of the molecule is O=C(Cc1nc2ccccc2[nH]1)NNC(=O)Cc1ccccc1[N+](=O)[O-]. The number of para-hydroxylation sites is 3. The Labute approximate surface area is 147 Å². The predicted molar refractivity (Wildman–Crippen MR) is 92.9 cm³/mol. The molecule has 0 aliphatic heterocycles. The highest BCUT2D eigenvalue weighted by Crippen LogP contribution is 2.17. The average Bonchev–Trinajstić information content (AvgIpc) is 3.02. The smallest absolute Gasteiger partial charge is 0.273 e. The summed E-state index contributed by atoms with van der Waals surface area (Å²) in [6.07, 6.45) is -0.261. The summed E-state index contributed by atoms with van der Waals surface area (Å²) in [7, 11) is 0. The molecule has 0 bridgehead atoms. The number of carbonyl (C=O) groups excluding carboxylic acids is 2. The van der Waals surface area contributed by atoms with Crippen LogP contribution in [-0.4, -0.2) is 26.7 Å². The topological polar surface area (TPSA) is 130 Å². The van der Waals surface area contributed by atoms with Crippen molar-refractivity contribution in [2.24, 2.45) is 0 Å². The van der Waals surface area contributed by atoms with E-state index in [1.165, 1.54) is 18.2 Å². The quantitative estimate of drug-likeness (QED) is 0.471. The number of nitrogens with zero attached hydrogens (tertiary/aromatic N) is 2. The molecular formula is C17H15N5O4. The van der Waals surface area contributed by atoms with Crippen molar-refractivity contribution in [3.8, 4) is 0 Å². The number of imidazole rings is 1. The van der Waals surface area contributed by atoms with Gasteiger partial charge in [-0.3, -0.25) is 30.6 Å². The van der Waals surface area contributed by atoms with Crippen LogP contribution in [0.3, 0.4) is 0 Å². The van der Waals surface area contributed by atoms with Crippen molar-refractivity contribution < 1.29 is 14.5 Å². The van der Waals surface area contributed by atoms with Crippen LogP contribution < -0.4 is 10.9 Å². The van der Waals surface area contributed by atoms with Crippen LogP contribution in [0, 0.1) is 10.1 Å². The number of rotatable bonds is 5. The molecule has 26 heavy (non-hydrogen) atoms. The van der Waals surface area contributed by atoms with Gasteiger partial charge in [0.1, 0.15) is 5.82 Å². The summed E-state index contributed by atoms with van der Waals surface area (Å²) in [5.41, 5.74) is 6.21. The van der Waals surface area contributed by atoms with Gasteiger partial charge in [-0.05, 0) is 12.1 Å². The summed E-state index contributed by atoms with van der Waals surface area (Å²) < 4.78 is 0. The number of hydrazine groups is 1. The molecule has 0 radical (unpaired) electrons. The number of hydrogen-bond donors (Lipinski definition) is 3. The van der Waals surface area contributed by atoms with Gasteiger partial charge in [-0.2, -0.15) is 0 Å². The second-order valence-corrected chi connectivity index (χ2v) is 5.54. The molecule has 0 unspecified atom stereocenters. The maximum atomic E-state index is 11.9. The highest BCUT2D eigenvalue weighted by molar-refractivity contribution is 5.85. The number of nitrogens with one attached hydrogen (secondary N) is 3. The fourth-order valence-corrected chi connectivity index (χ4v) is 2.48. The zero-order valence-electron chi connectivity index (χ0n) is 13.6. The van der Waals surface area contributed by atoms with E-state index in [2.05, 4.69) is 20.8 Å². The van der Waals surface area contributed by atoms with E-state index in [-0.39, 0.29) is 24.1 Å². The van der Waals surface area contributed by atoms with Crippen LogP contribution in [0.5, 0.6) is 0 Å². The zero-order chi connectivity index (χ0) is 18.5. The van der Waals surface area contributed by atoms with Gasteiger partial charge in [0.2, 0.25) is 11.8 Å². The van der Waals surface area contributed by atoms with Crippen molar-refractivity contribution in [3.63, 3.8) is 0 Å². The van der Waals surface area contributed by atoms with Gasteiger partial charge in [-0.25, -0.2) is 4.98 Å². The minimum absolute atomic E-state index is 0.0412. The normalized spacial score (nSPS) is 10.5. The first-order chi connectivity index (χ1) is 12.5. The highest BCUT2D eigenvalue weighted by Gasteiger charge is 2.16. The van der Waals surface area contributed by atoms with Gasteiger partial charge in [0.25, 0.3) is 5.69 Å². The highest BCUT2D eigenvalue weighted by atomic mass is 16.6. The van der Waals surface area contributed by atoms with Gasteiger partial charge in [0, 0.05) is 11.6 Å². The summed E-state index contributed by atoms with van der Waals surface area (Å²) in [5, 5.41) is 10.9. The lowest BCUT2D eigenvalue weighted by molar-refractivity contribution is -0.385. The average molecular weight is 353 g/mol. The number of amides is 2. The van der Waals surface area contributed by atoms with Crippen molar-refractivity contribution >= 4 is 28.5 Å². The molecule has 0 aliphatic rings. The Morgan fingerprint density at radius 2 is 1.65 bits per heavy atom. The Hall–Kier alpha value is -3.75. The van der Waals surface area contributed by atoms with Crippen LogP contribution in [0.2, 0.25) is 0 Å². The number of carbonyl (C=O) groups is 2. The molecule has 9 heteroatoms. The molecule has 132 valence electrons. The summed E-state index contributed by atoms with van der Waals surface area (Å²) in [6.45, 7) is 0. The molecule has 0 spiro atoms. The van der Waals surface area contributed by atoms with Gasteiger partial charge in [-0.1, -0.05) is 30.3 Å². The molecule has 0 atom stereocenters. The summed E-state index contributed by atoms with van der Waals surface area (Å²) >= 11 is 0. The maximum absolute atomic E-state index is 11.9. The van der Waals surface area contributed by atoms with Crippen LogP contribution in [0.1, 0.15) is 11.4 Å². The lowest BCUT2D eigenvalue weighted by atomic mass is 10.1. The van der Waals surface area contributed by atoms with E-state index in [1.54, 1.807) is 6.07 Å². The molecule has 9 nitrogen and oxygen atoms in total. The van der Waals surface area contributed by atoms with Gasteiger partial charge in [-0.15, -0.1) is 0 Å². The number of fused-ring (bicyclic) bond motifs is 1. The van der Waals surface area contributed by atoms with Crippen molar-refractivity contribution in [1.82, 2.24) is 20.8 Å². The Kier molecular flexibility index (Phi) is 4.88. The van der Waals surface area contributed by atoms with Crippen molar-refractivity contribution in [2.75, 3.05) is 0 Å². The molecule has 2 aromatic carbocycles. The second kappa shape index (κ2) is 7.43. The Morgan fingerprint density at radius 1 is 1.00 bits per heavy atom. The van der Waals surface area contributed by atoms with E-state index < -0.39 is 16.7 Å². The maximum Gasteiger partial charge on any atom is 0.273 e. The van der Waals surface area contributed by atoms with Gasteiger partial charge in [0.15, 0.2) is 0 Å². The van der Waals surface area contributed by atoms with E-state index in [1.807, 2.05) is 24.3 Å². The number of hydrogen-bond acceptors (Lipinski definition) is 5. The van der Waals surface area contributed by atoms with Gasteiger partial charge < -0.3 is 4.98 Å². The third-order valence-corrected chi connectivity index (χ3v) is 3.65. The first-order valence-corrected chi connectivity index (χ1v) is 7.76. The molecular weight excluding hydrogens is 338 g/mol. The van der Waals surface area contributed by atoms with E-state index in [4.69, 9.17) is 0 Å². The van der Waals surface area contributed by atoms with Crippen LogP contribution in [-0.2, 0) is 22.4 Å². The number of nitro groups is 1. The fourth-order valence-electron chi connectivity index (χ4n) is 2.48. The molecule has 3 aromatic rings. The van der Waals surface area contributed by atoms with Crippen LogP contribution >= 0.6 is 0 Å². The number of benzene rings is 2. The van der Waals surface area contributed by atoms with Crippen molar-refractivity contribution in [2.45, 2.75) is 12.8 Å². The lowest BCUT2D eigenvalue weighted by Gasteiger charge is -2.07. The van der Waals surface area contributed by atoms with Crippen LogP contribution in [0.15, 0.2) is 48.5 Å². The molecule has 0 saturated heterocycles. The van der Waals surface area contributed by atoms with E-state index in [9.17, 15) is 19.7 Å². The Morgan fingerprint density at radius 3 is 2.38 bits per heavy atom. The van der Waals surface area contributed by atoms with Crippen LogP contribution in [0.4, 0.5) is 5.69 Å². The first-order valence-electron chi connectivity index (χ1n) is 7.76. The Bertz CT molecular complexity index is 949. The summed E-state index contributed by atoms with van der Waals surface area (Å²) in [4.78, 5) is 41.5. The summed E-state index contributed by atoms with van der Waals surface area (Å²) in [6, 6.07) is 13.3. The molecule has 0 fully saturated rings. The largest absolute Gasteiger partial charge is 0.342 e. The fraction of sp³-hybridized carbons (Fsp3) is 0.118. The van der Waals surface area contributed by atoms with Crippen molar-refractivity contribution in [1.29, 1.82) is 0 Å². The minimum atomic E-state index is -0.558. The first kappa shape index (κ1) is 17.1. The molecule has 0 aliphatic carbocycles. The second-order valence-electron chi connectivity index (χ2n) is 5.54. The molecule has 3 rings (SSSR count). The molecule has 2 amide bonds. The number of aromatic amines is 1. The third kappa shape index (κ3) is 4.01. The van der Waals surface area contributed by atoms with E-state index in [0.29, 0.717) is 5.82 Å². The molecule has 3 N–H and O–H groups in total. The number of nitro benzene ring substituents is 1. The van der Waals surface area contributed by atoms with E-state index >= 15 is 0 Å².